The number of anilines is 1. The highest BCUT2D eigenvalue weighted by molar-refractivity contribution is 7.17. The van der Waals surface area contributed by atoms with Crippen molar-refractivity contribution < 1.29 is 14.3 Å². The molecule has 0 aliphatic carbocycles. The topological polar surface area (TPSA) is 83.6 Å². The Labute approximate surface area is 191 Å². The molecule has 2 aromatic carbocycles. The molecule has 1 saturated heterocycles. The van der Waals surface area contributed by atoms with Gasteiger partial charge in [-0.3, -0.25) is 20.4 Å². The molecule has 0 unspecified atom stereocenters. The zero-order valence-corrected chi connectivity index (χ0v) is 18.7. The maximum Gasteiger partial charge on any atom is 0.281 e. The second-order valence-corrected chi connectivity index (χ2v) is 8.57. The molecule has 7 nitrogen and oxygen atoms in total. The summed E-state index contributed by atoms with van der Waals surface area (Å²) in [5.41, 5.74) is 7.87. The highest BCUT2D eigenvalue weighted by Gasteiger charge is 2.22. The van der Waals surface area contributed by atoms with Gasteiger partial charge in [-0.05, 0) is 18.1 Å². The number of carbonyl (C=O) groups excluding carboxylic acids is 2. The van der Waals surface area contributed by atoms with Crippen LogP contribution in [0, 0.1) is 6.92 Å². The summed E-state index contributed by atoms with van der Waals surface area (Å²) >= 11 is 1.33. The number of amides is 2. The first kappa shape index (κ1) is 22.0. The lowest BCUT2D eigenvalue weighted by Crippen LogP contribution is -2.42. The van der Waals surface area contributed by atoms with Crippen molar-refractivity contribution in [1.29, 1.82) is 0 Å². The van der Waals surface area contributed by atoms with Gasteiger partial charge in [0.1, 0.15) is 4.88 Å². The van der Waals surface area contributed by atoms with Crippen LogP contribution in [0.2, 0.25) is 0 Å². The molecule has 8 heteroatoms. The predicted octanol–water partition coefficient (Wildman–Crippen LogP) is 3.27. The van der Waals surface area contributed by atoms with Gasteiger partial charge in [-0.15, -0.1) is 0 Å². The van der Waals surface area contributed by atoms with Crippen LogP contribution in [0.1, 0.15) is 38.8 Å². The molecular formula is C24H26N4O3S. The first-order chi connectivity index (χ1) is 15.6. The van der Waals surface area contributed by atoms with Gasteiger partial charge in [0.25, 0.3) is 5.91 Å². The normalized spacial score (nSPS) is 13.8. The van der Waals surface area contributed by atoms with Crippen molar-refractivity contribution in [1.82, 2.24) is 15.8 Å². The second kappa shape index (κ2) is 10.4. The van der Waals surface area contributed by atoms with Crippen molar-refractivity contribution in [2.24, 2.45) is 0 Å². The number of hydrogen-bond donors (Lipinski definition) is 2. The number of nitrogens with zero attached hydrogens (tertiary/aromatic N) is 2. The molecule has 0 radical (unpaired) electrons. The van der Waals surface area contributed by atoms with E-state index in [0.717, 1.165) is 29.3 Å². The number of aromatic nitrogens is 1. The Morgan fingerprint density at radius 1 is 1.00 bits per heavy atom. The molecule has 0 atom stereocenters. The summed E-state index contributed by atoms with van der Waals surface area (Å²) in [7, 11) is 0. The molecule has 1 aliphatic rings. The fourth-order valence-corrected chi connectivity index (χ4v) is 4.72. The number of thiazole rings is 1. The molecule has 2 heterocycles. The highest BCUT2D eigenvalue weighted by Crippen LogP contribution is 2.28. The standard InChI is InChI=1S/C24H26N4O3S/c1-17-22(32-24(25-17)28-12-14-31-15-13-28)23(30)27-26-21(29)16-20(18-8-4-2-5-9-18)19-10-6-3-7-11-19/h2-11,20H,12-16H2,1H3,(H,26,29)(H,27,30). The zero-order valence-electron chi connectivity index (χ0n) is 17.9. The number of benzene rings is 2. The van der Waals surface area contributed by atoms with E-state index in [2.05, 4.69) is 20.7 Å². The van der Waals surface area contributed by atoms with Crippen LogP contribution in [0.5, 0.6) is 0 Å². The third-order valence-electron chi connectivity index (χ3n) is 5.38. The van der Waals surface area contributed by atoms with E-state index in [4.69, 9.17) is 4.74 Å². The van der Waals surface area contributed by atoms with Gasteiger partial charge >= 0.3 is 0 Å². The minimum absolute atomic E-state index is 0.104. The molecule has 3 aromatic rings. The summed E-state index contributed by atoms with van der Waals surface area (Å²) in [5, 5.41) is 0.801. The van der Waals surface area contributed by atoms with Gasteiger partial charge in [-0.2, -0.15) is 0 Å². The summed E-state index contributed by atoms with van der Waals surface area (Å²) in [6.45, 7) is 4.62. The van der Waals surface area contributed by atoms with E-state index < -0.39 is 0 Å². The molecule has 1 aromatic heterocycles. The Morgan fingerprint density at radius 3 is 2.19 bits per heavy atom. The third-order valence-corrected chi connectivity index (χ3v) is 6.60. The molecule has 1 fully saturated rings. The van der Waals surface area contributed by atoms with Crippen LogP contribution < -0.4 is 15.8 Å². The molecule has 2 N–H and O–H groups in total. The molecular weight excluding hydrogens is 424 g/mol. The van der Waals surface area contributed by atoms with Crippen LogP contribution in [-0.2, 0) is 9.53 Å². The first-order valence-electron chi connectivity index (χ1n) is 10.6. The van der Waals surface area contributed by atoms with Gasteiger partial charge in [0.05, 0.1) is 18.9 Å². The average Bonchev–Trinajstić information content (AvgIpc) is 3.24. The summed E-state index contributed by atoms with van der Waals surface area (Å²) in [4.78, 5) is 32.5. The SMILES string of the molecule is Cc1nc(N2CCOCC2)sc1C(=O)NNC(=O)CC(c1ccccc1)c1ccccc1. The Hall–Kier alpha value is -3.23. The minimum Gasteiger partial charge on any atom is -0.378 e. The van der Waals surface area contributed by atoms with E-state index in [1.54, 1.807) is 6.92 Å². The van der Waals surface area contributed by atoms with E-state index in [1.165, 1.54) is 11.3 Å². The largest absolute Gasteiger partial charge is 0.378 e. The maximum atomic E-state index is 12.7. The fraction of sp³-hybridized carbons (Fsp3) is 0.292. The van der Waals surface area contributed by atoms with E-state index in [0.29, 0.717) is 23.8 Å². The molecule has 2 amide bonds. The summed E-state index contributed by atoms with van der Waals surface area (Å²) in [6, 6.07) is 19.8. The smallest absolute Gasteiger partial charge is 0.281 e. The number of hydrazine groups is 1. The molecule has 0 saturated carbocycles. The first-order valence-corrected chi connectivity index (χ1v) is 11.4. The number of carbonyl (C=O) groups is 2. The molecule has 32 heavy (non-hydrogen) atoms. The van der Waals surface area contributed by atoms with Crippen molar-refractivity contribution >= 4 is 28.3 Å². The van der Waals surface area contributed by atoms with Gasteiger partial charge in [0, 0.05) is 25.4 Å². The fourth-order valence-electron chi connectivity index (χ4n) is 3.70. The van der Waals surface area contributed by atoms with Gasteiger partial charge in [-0.1, -0.05) is 72.0 Å². The number of nitrogens with one attached hydrogen (secondary N) is 2. The second-order valence-electron chi connectivity index (χ2n) is 7.59. The maximum absolute atomic E-state index is 12.7. The Morgan fingerprint density at radius 2 is 1.59 bits per heavy atom. The number of rotatable bonds is 6. The zero-order chi connectivity index (χ0) is 22.3. The molecule has 0 bridgehead atoms. The Balaban J connectivity index is 1.39. The molecule has 0 spiro atoms. The molecule has 166 valence electrons. The van der Waals surface area contributed by atoms with Crippen molar-refractivity contribution in [3.63, 3.8) is 0 Å². The van der Waals surface area contributed by atoms with E-state index >= 15 is 0 Å². The molecule has 4 rings (SSSR count). The number of hydrogen-bond acceptors (Lipinski definition) is 6. The van der Waals surface area contributed by atoms with Crippen LogP contribution in [-0.4, -0.2) is 43.1 Å². The number of ether oxygens (including phenoxy) is 1. The summed E-state index contributed by atoms with van der Waals surface area (Å²) in [6.07, 6.45) is 0.217. The van der Waals surface area contributed by atoms with Crippen LogP contribution in [0.3, 0.4) is 0 Å². The highest BCUT2D eigenvalue weighted by atomic mass is 32.1. The van der Waals surface area contributed by atoms with Crippen molar-refractivity contribution in [2.75, 3.05) is 31.2 Å². The molecule has 1 aliphatic heterocycles. The number of aryl methyl sites for hydroxylation is 1. The van der Waals surface area contributed by atoms with Crippen molar-refractivity contribution in [2.45, 2.75) is 19.3 Å². The van der Waals surface area contributed by atoms with Crippen molar-refractivity contribution in [3.8, 4) is 0 Å². The predicted molar refractivity (Wildman–Crippen MR) is 125 cm³/mol. The van der Waals surface area contributed by atoms with Gasteiger partial charge in [0.15, 0.2) is 5.13 Å². The van der Waals surface area contributed by atoms with Crippen LogP contribution >= 0.6 is 11.3 Å². The van der Waals surface area contributed by atoms with E-state index in [9.17, 15) is 9.59 Å². The van der Waals surface area contributed by atoms with E-state index in [1.807, 2.05) is 60.7 Å². The van der Waals surface area contributed by atoms with Gasteiger partial charge in [0.2, 0.25) is 5.91 Å². The Bertz CT molecular complexity index is 1010. The lowest BCUT2D eigenvalue weighted by atomic mass is 9.88. The summed E-state index contributed by atoms with van der Waals surface area (Å²) < 4.78 is 5.37. The third kappa shape index (κ3) is 5.33. The van der Waals surface area contributed by atoms with Gasteiger partial charge in [-0.25, -0.2) is 4.98 Å². The Kier molecular flexibility index (Phi) is 7.14. The lowest BCUT2D eigenvalue weighted by molar-refractivity contribution is -0.122. The van der Waals surface area contributed by atoms with Gasteiger partial charge < -0.3 is 9.64 Å². The monoisotopic (exact) mass is 450 g/mol. The van der Waals surface area contributed by atoms with Crippen LogP contribution in [0.4, 0.5) is 5.13 Å². The quantitative estimate of drug-likeness (QED) is 0.563. The van der Waals surface area contributed by atoms with Crippen LogP contribution in [0.15, 0.2) is 60.7 Å². The number of morpholine rings is 1. The van der Waals surface area contributed by atoms with E-state index in [-0.39, 0.29) is 24.2 Å². The summed E-state index contributed by atoms with van der Waals surface area (Å²) in [5.74, 6) is -0.720. The minimum atomic E-state index is -0.358. The van der Waals surface area contributed by atoms with Crippen LogP contribution in [0.25, 0.3) is 0 Å². The average molecular weight is 451 g/mol. The van der Waals surface area contributed by atoms with Crippen molar-refractivity contribution in [3.05, 3.63) is 82.4 Å². The lowest BCUT2D eigenvalue weighted by Gasteiger charge is -2.25.